The molecule has 2 aliphatic heterocycles. The number of para-hydroxylation sites is 1. The summed E-state index contributed by atoms with van der Waals surface area (Å²) in [6.07, 6.45) is -0.330. The van der Waals surface area contributed by atoms with E-state index in [2.05, 4.69) is 162 Å². The molecule has 0 aromatic heterocycles. The van der Waals surface area contributed by atoms with Gasteiger partial charge in [0.1, 0.15) is 11.5 Å². The number of nitrogens with one attached hydrogen (secondary N) is 3. The summed E-state index contributed by atoms with van der Waals surface area (Å²) in [5.41, 5.74) is 10.6. The molecule has 0 saturated carbocycles. The highest BCUT2D eigenvalue weighted by molar-refractivity contribution is 5.97. The molecule has 5 heteroatoms. The van der Waals surface area contributed by atoms with Crippen LogP contribution in [0.25, 0.3) is 21.9 Å². The van der Waals surface area contributed by atoms with Crippen molar-refractivity contribution >= 4 is 10.8 Å². The smallest absolute Gasteiger partial charge is 0.132 e. The fourth-order valence-electron chi connectivity index (χ4n) is 8.42. The van der Waals surface area contributed by atoms with Gasteiger partial charge in [-0.2, -0.15) is 5.26 Å². The predicted molar refractivity (Wildman–Crippen MR) is 197 cm³/mol. The van der Waals surface area contributed by atoms with Gasteiger partial charge in [0.05, 0.1) is 35.5 Å². The quantitative estimate of drug-likeness (QED) is 0.179. The van der Waals surface area contributed by atoms with E-state index in [1.807, 2.05) is 18.2 Å². The first-order valence-electron chi connectivity index (χ1n) is 17.1. The van der Waals surface area contributed by atoms with Gasteiger partial charge in [0.2, 0.25) is 0 Å². The fraction of sp³-hybridized carbons (Fsp3) is 0.0889. The van der Waals surface area contributed by atoms with Crippen molar-refractivity contribution in [1.29, 1.82) is 5.26 Å². The molecule has 5 nitrogen and oxygen atoms in total. The zero-order valence-electron chi connectivity index (χ0n) is 27.1. The van der Waals surface area contributed by atoms with Crippen molar-refractivity contribution in [2.45, 2.75) is 23.9 Å². The van der Waals surface area contributed by atoms with Crippen molar-refractivity contribution < 1.29 is 4.74 Å². The normalized spacial score (nSPS) is 21.4. The minimum atomic E-state index is -0.631. The molecule has 0 amide bonds. The first-order chi connectivity index (χ1) is 24.7. The molecule has 0 radical (unpaired) electrons. The van der Waals surface area contributed by atoms with Gasteiger partial charge in [0, 0.05) is 11.1 Å². The summed E-state index contributed by atoms with van der Waals surface area (Å²) in [4.78, 5) is 0. The van der Waals surface area contributed by atoms with Crippen molar-refractivity contribution in [1.82, 2.24) is 16.0 Å². The van der Waals surface area contributed by atoms with E-state index in [4.69, 9.17) is 4.74 Å². The van der Waals surface area contributed by atoms with Gasteiger partial charge in [0.25, 0.3) is 0 Å². The van der Waals surface area contributed by atoms with E-state index in [0.29, 0.717) is 5.56 Å². The zero-order valence-corrected chi connectivity index (χ0v) is 27.1. The highest BCUT2D eigenvalue weighted by atomic mass is 16.5. The van der Waals surface area contributed by atoms with E-state index in [1.54, 1.807) is 0 Å². The van der Waals surface area contributed by atoms with Crippen LogP contribution in [0.5, 0.6) is 11.5 Å². The van der Waals surface area contributed by atoms with E-state index >= 15 is 0 Å². The molecule has 1 spiro atoms. The Bertz CT molecular complexity index is 2440. The molecular weight excluding hydrogens is 613 g/mol. The van der Waals surface area contributed by atoms with Crippen LogP contribution in [0, 0.1) is 11.3 Å². The van der Waals surface area contributed by atoms with Gasteiger partial charge < -0.3 is 4.74 Å². The fourth-order valence-corrected chi connectivity index (χ4v) is 8.42. The van der Waals surface area contributed by atoms with Crippen molar-refractivity contribution in [2.24, 2.45) is 0 Å². The second kappa shape index (κ2) is 11.3. The van der Waals surface area contributed by atoms with Gasteiger partial charge in [-0.25, -0.2) is 0 Å². The number of rotatable bonds is 3. The standard InChI is InChI=1S/C45H32N4O/c46-27-28-19-20-31-24-35-34-15-7-8-16-36(34)45(38(35)26-33(31)23-28)37-17-9-10-18-40(37)50-41-22-21-32(25-39(41)45)44-48-42(29-11-3-1-4-12-29)47-43(49-44)30-13-5-2-6-14-30/h1-26,42-44,47-49H. The van der Waals surface area contributed by atoms with E-state index in [1.165, 1.54) is 33.4 Å². The van der Waals surface area contributed by atoms with Crippen LogP contribution >= 0.6 is 0 Å². The van der Waals surface area contributed by atoms with Crippen molar-refractivity contribution in [3.05, 3.63) is 202 Å². The van der Waals surface area contributed by atoms with Gasteiger partial charge >= 0.3 is 0 Å². The SMILES string of the molecule is N#Cc1ccc2cc3c(cc2c1)C1(c2ccccc2Oc2ccc(C4NC(c5ccccc5)NC(c5ccccc5)N4)cc21)c1ccccc1-3. The number of nitrogens with zero attached hydrogens (tertiary/aromatic N) is 1. The van der Waals surface area contributed by atoms with E-state index in [9.17, 15) is 5.26 Å². The molecular formula is C45H32N4O. The average molecular weight is 645 g/mol. The summed E-state index contributed by atoms with van der Waals surface area (Å²) in [6.45, 7) is 0. The Hall–Kier alpha value is -6.03. The molecule has 50 heavy (non-hydrogen) atoms. The molecule has 7 aromatic rings. The van der Waals surface area contributed by atoms with Gasteiger partial charge in [-0.15, -0.1) is 0 Å². The Labute approximate surface area is 290 Å². The van der Waals surface area contributed by atoms with Gasteiger partial charge in [0.15, 0.2) is 0 Å². The number of hydrogen-bond acceptors (Lipinski definition) is 5. The number of ether oxygens (including phenoxy) is 1. The molecule has 1 saturated heterocycles. The second-order valence-electron chi connectivity index (χ2n) is 13.3. The monoisotopic (exact) mass is 644 g/mol. The summed E-state index contributed by atoms with van der Waals surface area (Å²) in [5, 5.41) is 23.5. The van der Waals surface area contributed by atoms with E-state index < -0.39 is 5.41 Å². The average Bonchev–Trinajstić information content (AvgIpc) is 3.46. The molecule has 2 heterocycles. The lowest BCUT2D eigenvalue weighted by atomic mass is 9.65. The first-order valence-corrected chi connectivity index (χ1v) is 17.1. The summed E-state index contributed by atoms with van der Waals surface area (Å²) in [5.74, 6) is 1.70. The first kappa shape index (κ1) is 28.9. The Morgan fingerprint density at radius 2 is 1.08 bits per heavy atom. The second-order valence-corrected chi connectivity index (χ2v) is 13.3. The van der Waals surface area contributed by atoms with Crippen LogP contribution in [-0.2, 0) is 5.41 Å². The number of hydrogen-bond donors (Lipinski definition) is 3. The van der Waals surface area contributed by atoms with Crippen LogP contribution in [0.1, 0.15) is 63.0 Å². The highest BCUT2D eigenvalue weighted by Gasteiger charge is 2.51. The lowest BCUT2D eigenvalue weighted by Gasteiger charge is -2.42. The Balaban J connectivity index is 1.20. The Morgan fingerprint density at radius 1 is 0.460 bits per heavy atom. The molecule has 0 bridgehead atoms. The largest absolute Gasteiger partial charge is 0.457 e. The van der Waals surface area contributed by atoms with Gasteiger partial charge in [-0.3, -0.25) is 16.0 Å². The highest BCUT2D eigenvalue weighted by Crippen LogP contribution is 2.62. The molecule has 3 atom stereocenters. The molecule has 7 aromatic carbocycles. The van der Waals surface area contributed by atoms with Crippen LogP contribution in [0.2, 0.25) is 0 Å². The van der Waals surface area contributed by atoms with Crippen molar-refractivity contribution in [2.75, 3.05) is 0 Å². The zero-order chi connectivity index (χ0) is 33.2. The van der Waals surface area contributed by atoms with Crippen LogP contribution in [0.15, 0.2) is 158 Å². The molecule has 1 fully saturated rings. The van der Waals surface area contributed by atoms with E-state index in [-0.39, 0.29) is 18.5 Å². The van der Waals surface area contributed by atoms with Crippen molar-refractivity contribution in [3.63, 3.8) is 0 Å². The summed E-state index contributed by atoms with van der Waals surface area (Å²) < 4.78 is 6.75. The van der Waals surface area contributed by atoms with E-state index in [0.717, 1.165) is 39.0 Å². The molecule has 3 aliphatic rings. The van der Waals surface area contributed by atoms with Crippen LogP contribution < -0.4 is 20.7 Å². The number of nitriles is 1. The third-order valence-corrected chi connectivity index (χ3v) is 10.6. The summed E-state index contributed by atoms with van der Waals surface area (Å²) in [6, 6.07) is 57.9. The predicted octanol–water partition coefficient (Wildman–Crippen LogP) is 9.36. The topological polar surface area (TPSA) is 69.1 Å². The Kier molecular flexibility index (Phi) is 6.52. The van der Waals surface area contributed by atoms with Crippen LogP contribution in [-0.4, -0.2) is 0 Å². The molecule has 3 N–H and O–H groups in total. The third-order valence-electron chi connectivity index (χ3n) is 10.6. The molecule has 10 rings (SSSR count). The van der Waals surface area contributed by atoms with Gasteiger partial charge in [-0.05, 0) is 92.2 Å². The minimum absolute atomic E-state index is 0.0803. The maximum Gasteiger partial charge on any atom is 0.132 e. The lowest BCUT2D eigenvalue weighted by Crippen LogP contribution is -2.54. The molecule has 238 valence electrons. The third kappa shape index (κ3) is 4.30. The number of fused-ring (bicyclic) bond motifs is 10. The summed E-state index contributed by atoms with van der Waals surface area (Å²) >= 11 is 0. The van der Waals surface area contributed by atoms with Crippen molar-refractivity contribution in [3.8, 4) is 28.7 Å². The Morgan fingerprint density at radius 3 is 1.80 bits per heavy atom. The van der Waals surface area contributed by atoms with Crippen LogP contribution in [0.3, 0.4) is 0 Å². The summed E-state index contributed by atoms with van der Waals surface area (Å²) in [7, 11) is 0. The maximum atomic E-state index is 9.79. The van der Waals surface area contributed by atoms with Crippen LogP contribution in [0.4, 0.5) is 0 Å². The molecule has 1 aliphatic carbocycles. The van der Waals surface area contributed by atoms with Gasteiger partial charge in [-0.1, -0.05) is 115 Å². The molecule has 3 unspecified atom stereocenters. The maximum absolute atomic E-state index is 9.79. The minimum Gasteiger partial charge on any atom is -0.457 e. The lowest BCUT2D eigenvalue weighted by molar-refractivity contribution is 0.203. The number of benzene rings is 7.